The van der Waals surface area contributed by atoms with Gasteiger partial charge in [0.25, 0.3) is 0 Å². The van der Waals surface area contributed by atoms with Crippen molar-refractivity contribution in [1.82, 2.24) is 0 Å². The molecule has 0 aliphatic rings. The normalized spacial score (nSPS) is 12.1. The third-order valence-corrected chi connectivity index (χ3v) is 3.20. The van der Waals surface area contributed by atoms with Crippen molar-refractivity contribution >= 4 is 5.97 Å². The third-order valence-electron chi connectivity index (χ3n) is 3.20. The molecule has 0 N–H and O–H groups in total. The SMILES string of the molecule is C=CC(C)OC(=O)c1c(C)c(C)cc(C)c1C. The van der Waals surface area contributed by atoms with Gasteiger partial charge in [0, 0.05) is 0 Å². The van der Waals surface area contributed by atoms with Gasteiger partial charge >= 0.3 is 5.97 Å². The molecule has 0 fully saturated rings. The van der Waals surface area contributed by atoms with Gasteiger partial charge in [-0.3, -0.25) is 0 Å². The summed E-state index contributed by atoms with van der Waals surface area (Å²) in [6.07, 6.45) is 1.35. The fraction of sp³-hybridized carbons (Fsp3) is 0.400. The minimum Gasteiger partial charge on any atom is -0.455 e. The maximum atomic E-state index is 12.1. The fourth-order valence-electron chi connectivity index (χ4n) is 1.80. The summed E-state index contributed by atoms with van der Waals surface area (Å²) in [5, 5.41) is 0. The van der Waals surface area contributed by atoms with Crippen molar-refractivity contribution < 1.29 is 9.53 Å². The Balaban J connectivity index is 3.21. The highest BCUT2D eigenvalue weighted by atomic mass is 16.5. The van der Waals surface area contributed by atoms with Crippen LogP contribution < -0.4 is 0 Å². The lowest BCUT2D eigenvalue weighted by Gasteiger charge is -2.16. The first-order valence-corrected chi connectivity index (χ1v) is 5.79. The number of hydrogen-bond donors (Lipinski definition) is 0. The number of carbonyl (C=O) groups excluding carboxylic acids is 1. The number of ether oxygens (including phenoxy) is 1. The molecular formula is C15H20O2. The van der Waals surface area contributed by atoms with Crippen molar-refractivity contribution in [3.63, 3.8) is 0 Å². The van der Waals surface area contributed by atoms with E-state index in [0.717, 1.165) is 22.3 Å². The molecule has 0 saturated carbocycles. The first-order chi connectivity index (χ1) is 7.88. The Hall–Kier alpha value is -1.57. The van der Waals surface area contributed by atoms with Crippen molar-refractivity contribution in [3.8, 4) is 0 Å². The highest BCUT2D eigenvalue weighted by Gasteiger charge is 2.18. The van der Waals surface area contributed by atoms with Crippen LogP contribution in [0.2, 0.25) is 0 Å². The summed E-state index contributed by atoms with van der Waals surface area (Å²) >= 11 is 0. The van der Waals surface area contributed by atoms with E-state index in [4.69, 9.17) is 4.74 Å². The Morgan fingerprint density at radius 1 is 1.24 bits per heavy atom. The predicted octanol–water partition coefficient (Wildman–Crippen LogP) is 3.65. The molecule has 0 aliphatic carbocycles. The van der Waals surface area contributed by atoms with E-state index in [1.165, 1.54) is 0 Å². The van der Waals surface area contributed by atoms with Gasteiger partial charge in [-0.05, 0) is 56.9 Å². The standard InChI is InChI=1S/C15H20O2/c1-7-11(4)17-15(16)14-12(5)9(2)8-10(3)13(14)6/h7-8,11H,1H2,2-6H3. The van der Waals surface area contributed by atoms with Crippen molar-refractivity contribution in [2.45, 2.75) is 40.7 Å². The zero-order valence-corrected chi connectivity index (χ0v) is 11.3. The van der Waals surface area contributed by atoms with Crippen LogP contribution in [-0.2, 0) is 4.74 Å². The van der Waals surface area contributed by atoms with Gasteiger partial charge < -0.3 is 4.74 Å². The Bertz CT molecular complexity index is 432. The quantitative estimate of drug-likeness (QED) is 0.587. The van der Waals surface area contributed by atoms with Crippen molar-refractivity contribution in [1.29, 1.82) is 0 Å². The largest absolute Gasteiger partial charge is 0.455 e. The number of benzene rings is 1. The first kappa shape index (κ1) is 13.5. The molecule has 0 bridgehead atoms. The van der Waals surface area contributed by atoms with E-state index < -0.39 is 0 Å². The Kier molecular flexibility index (Phi) is 4.11. The van der Waals surface area contributed by atoms with Gasteiger partial charge in [0.2, 0.25) is 0 Å². The fourth-order valence-corrected chi connectivity index (χ4v) is 1.80. The van der Waals surface area contributed by atoms with Crippen LogP contribution in [0.1, 0.15) is 39.5 Å². The van der Waals surface area contributed by atoms with Crippen LogP contribution >= 0.6 is 0 Å². The second kappa shape index (κ2) is 5.17. The molecule has 0 aliphatic heterocycles. The lowest BCUT2D eigenvalue weighted by atomic mass is 9.94. The molecule has 2 nitrogen and oxygen atoms in total. The van der Waals surface area contributed by atoms with Gasteiger partial charge in [0.15, 0.2) is 0 Å². The number of hydrogen-bond acceptors (Lipinski definition) is 2. The molecule has 0 saturated heterocycles. The summed E-state index contributed by atoms with van der Waals surface area (Å²) in [6, 6.07) is 2.10. The second-order valence-electron chi connectivity index (χ2n) is 4.48. The molecule has 1 rings (SSSR count). The molecule has 1 unspecified atom stereocenters. The molecule has 0 amide bonds. The van der Waals surface area contributed by atoms with Crippen molar-refractivity contribution in [2.24, 2.45) is 0 Å². The summed E-state index contributed by atoms with van der Waals surface area (Å²) in [5.74, 6) is -0.265. The van der Waals surface area contributed by atoms with E-state index in [1.807, 2.05) is 27.7 Å². The molecule has 1 aromatic carbocycles. The van der Waals surface area contributed by atoms with Crippen LogP contribution in [-0.4, -0.2) is 12.1 Å². The van der Waals surface area contributed by atoms with Gasteiger partial charge in [0.1, 0.15) is 6.10 Å². The summed E-state index contributed by atoms with van der Waals surface area (Å²) in [6.45, 7) is 13.3. The van der Waals surface area contributed by atoms with E-state index in [9.17, 15) is 4.79 Å². The van der Waals surface area contributed by atoms with Crippen LogP contribution in [0.3, 0.4) is 0 Å². The zero-order chi connectivity index (χ0) is 13.2. The smallest absolute Gasteiger partial charge is 0.339 e. The lowest BCUT2D eigenvalue weighted by Crippen LogP contribution is -2.16. The van der Waals surface area contributed by atoms with Gasteiger partial charge in [0.05, 0.1) is 5.56 Å². The van der Waals surface area contributed by atoms with Gasteiger partial charge in [-0.2, -0.15) is 0 Å². The van der Waals surface area contributed by atoms with Gasteiger partial charge in [-0.15, -0.1) is 0 Å². The lowest BCUT2D eigenvalue weighted by molar-refractivity contribution is 0.0423. The molecule has 17 heavy (non-hydrogen) atoms. The molecule has 2 heteroatoms. The summed E-state index contributed by atoms with van der Waals surface area (Å²) in [7, 11) is 0. The molecule has 0 radical (unpaired) electrons. The molecule has 92 valence electrons. The van der Waals surface area contributed by atoms with E-state index in [1.54, 1.807) is 13.0 Å². The third kappa shape index (κ3) is 2.76. The van der Waals surface area contributed by atoms with E-state index in [0.29, 0.717) is 5.56 Å². The van der Waals surface area contributed by atoms with Crippen LogP contribution in [0.25, 0.3) is 0 Å². The van der Waals surface area contributed by atoms with E-state index in [-0.39, 0.29) is 12.1 Å². The summed E-state index contributed by atoms with van der Waals surface area (Å²) in [4.78, 5) is 12.1. The molecule has 0 aromatic heterocycles. The zero-order valence-electron chi connectivity index (χ0n) is 11.3. The van der Waals surface area contributed by atoms with Crippen molar-refractivity contribution in [3.05, 3.63) is 46.5 Å². The monoisotopic (exact) mass is 232 g/mol. The van der Waals surface area contributed by atoms with Crippen molar-refractivity contribution in [2.75, 3.05) is 0 Å². The Labute approximate surface area is 103 Å². The highest BCUT2D eigenvalue weighted by molar-refractivity contribution is 5.93. The maximum absolute atomic E-state index is 12.1. The number of carbonyl (C=O) groups is 1. The first-order valence-electron chi connectivity index (χ1n) is 5.79. The molecule has 0 spiro atoms. The van der Waals surface area contributed by atoms with Gasteiger partial charge in [-0.1, -0.05) is 18.7 Å². The number of aryl methyl sites for hydroxylation is 2. The number of rotatable bonds is 3. The average molecular weight is 232 g/mol. The minimum absolute atomic E-state index is 0.262. The predicted molar refractivity (Wildman–Crippen MR) is 70.5 cm³/mol. The molecule has 1 aromatic rings. The second-order valence-corrected chi connectivity index (χ2v) is 4.48. The van der Waals surface area contributed by atoms with Gasteiger partial charge in [-0.25, -0.2) is 4.79 Å². The van der Waals surface area contributed by atoms with Crippen LogP contribution in [0, 0.1) is 27.7 Å². The van der Waals surface area contributed by atoms with Crippen LogP contribution in [0.5, 0.6) is 0 Å². The van der Waals surface area contributed by atoms with E-state index in [2.05, 4.69) is 12.6 Å². The summed E-state index contributed by atoms with van der Waals surface area (Å²) < 4.78 is 5.30. The Morgan fingerprint density at radius 3 is 2.12 bits per heavy atom. The molecule has 1 atom stereocenters. The minimum atomic E-state index is -0.265. The average Bonchev–Trinajstić information content (AvgIpc) is 2.26. The summed E-state index contributed by atoms with van der Waals surface area (Å²) in [5.41, 5.74) is 4.91. The highest BCUT2D eigenvalue weighted by Crippen LogP contribution is 2.22. The Morgan fingerprint density at radius 2 is 1.71 bits per heavy atom. The van der Waals surface area contributed by atoms with Crippen LogP contribution in [0.4, 0.5) is 0 Å². The molecular weight excluding hydrogens is 212 g/mol. The topological polar surface area (TPSA) is 26.3 Å². The number of esters is 1. The van der Waals surface area contributed by atoms with E-state index >= 15 is 0 Å². The maximum Gasteiger partial charge on any atom is 0.339 e. The molecule has 0 heterocycles. The van der Waals surface area contributed by atoms with Crippen LogP contribution in [0.15, 0.2) is 18.7 Å².